The van der Waals surface area contributed by atoms with Crippen LogP contribution >= 0.6 is 0 Å². The largest absolute Gasteiger partial charge is 0.496 e. The van der Waals surface area contributed by atoms with E-state index in [1.54, 1.807) is 7.11 Å². The summed E-state index contributed by atoms with van der Waals surface area (Å²) in [5.41, 5.74) is 1.93. The summed E-state index contributed by atoms with van der Waals surface area (Å²) in [5, 5.41) is 10.2. The van der Waals surface area contributed by atoms with Crippen LogP contribution in [0.25, 0.3) is 0 Å². The summed E-state index contributed by atoms with van der Waals surface area (Å²) in [4.78, 5) is 29.1. The van der Waals surface area contributed by atoms with E-state index < -0.39 is 17.2 Å². The molecule has 4 rings (SSSR count). The minimum Gasteiger partial charge on any atom is -0.496 e. The molecular formula is C16H15N5O3. The number of nitrogens with one attached hydrogen (secondary N) is 4. The first-order valence-corrected chi connectivity index (χ1v) is 7.41. The van der Waals surface area contributed by atoms with Crippen LogP contribution in [0, 0.1) is 6.92 Å². The average molecular weight is 325 g/mol. The van der Waals surface area contributed by atoms with Crippen molar-refractivity contribution in [3.63, 3.8) is 0 Å². The Morgan fingerprint density at radius 1 is 1.12 bits per heavy atom. The fourth-order valence-electron chi connectivity index (χ4n) is 3.24. The molecule has 1 unspecified atom stereocenters. The molecule has 1 aliphatic rings. The highest BCUT2D eigenvalue weighted by Crippen LogP contribution is 2.45. The molecule has 3 aromatic rings. The van der Waals surface area contributed by atoms with Gasteiger partial charge in [-0.25, -0.2) is 4.79 Å². The lowest BCUT2D eigenvalue weighted by molar-refractivity contribution is 0.409. The number of ether oxygens (including phenoxy) is 1. The molecule has 1 aliphatic heterocycles. The average Bonchev–Trinajstić information content (AvgIpc) is 2.93. The molecule has 2 aromatic heterocycles. The van der Waals surface area contributed by atoms with Crippen LogP contribution in [0.15, 0.2) is 33.9 Å². The Hall–Kier alpha value is -3.29. The summed E-state index contributed by atoms with van der Waals surface area (Å²) in [5.74, 6) is 1.18. The fraction of sp³-hybridized carbons (Fsp3) is 0.188. The quantitative estimate of drug-likeness (QED) is 0.444. The number of benzene rings is 1. The van der Waals surface area contributed by atoms with Crippen LogP contribution in [-0.4, -0.2) is 27.3 Å². The van der Waals surface area contributed by atoms with Gasteiger partial charge in [0.25, 0.3) is 5.56 Å². The third kappa shape index (κ3) is 1.96. The first kappa shape index (κ1) is 14.3. The van der Waals surface area contributed by atoms with E-state index >= 15 is 0 Å². The van der Waals surface area contributed by atoms with Gasteiger partial charge in [-0.2, -0.15) is 5.10 Å². The van der Waals surface area contributed by atoms with E-state index in [4.69, 9.17) is 4.74 Å². The van der Waals surface area contributed by atoms with Crippen LogP contribution in [-0.2, 0) is 0 Å². The van der Waals surface area contributed by atoms with Crippen molar-refractivity contribution in [2.24, 2.45) is 0 Å². The standard InChI is InChI=1S/C16H15N5O3/c1-7-10-11(8-5-3-4-6-9(8)24-2)12-13(17-14(10)21-20-7)18-16(23)19-15(12)22/h3-6,11H,1-2H3,(H4,17,18,19,20,21,22,23). The number of para-hydroxylation sites is 1. The van der Waals surface area contributed by atoms with Crippen molar-refractivity contribution < 1.29 is 4.74 Å². The molecule has 0 bridgehead atoms. The summed E-state index contributed by atoms with van der Waals surface area (Å²) in [7, 11) is 1.58. The van der Waals surface area contributed by atoms with Gasteiger partial charge in [-0.15, -0.1) is 0 Å². The predicted molar refractivity (Wildman–Crippen MR) is 88.2 cm³/mol. The van der Waals surface area contributed by atoms with Crippen molar-refractivity contribution in [3.05, 3.63) is 67.5 Å². The second-order valence-electron chi connectivity index (χ2n) is 5.61. The highest BCUT2D eigenvalue weighted by atomic mass is 16.5. The van der Waals surface area contributed by atoms with E-state index in [0.717, 1.165) is 16.8 Å². The summed E-state index contributed by atoms with van der Waals surface area (Å²) < 4.78 is 5.47. The maximum atomic E-state index is 12.5. The van der Waals surface area contributed by atoms with Crippen molar-refractivity contribution in [1.82, 2.24) is 20.2 Å². The normalized spacial score (nSPS) is 15.3. The molecule has 0 radical (unpaired) electrons. The molecule has 0 aliphatic carbocycles. The lowest BCUT2D eigenvalue weighted by Crippen LogP contribution is -2.32. The molecule has 1 atom stereocenters. The Balaban J connectivity index is 2.08. The molecule has 4 N–H and O–H groups in total. The predicted octanol–water partition coefficient (Wildman–Crippen LogP) is 1.34. The number of aromatic amines is 3. The molecule has 3 heterocycles. The number of aryl methyl sites for hydroxylation is 1. The van der Waals surface area contributed by atoms with Gasteiger partial charge in [0.15, 0.2) is 5.82 Å². The number of hydrogen-bond acceptors (Lipinski definition) is 5. The number of aromatic nitrogens is 4. The first-order valence-electron chi connectivity index (χ1n) is 7.41. The van der Waals surface area contributed by atoms with E-state index in [9.17, 15) is 9.59 Å². The van der Waals surface area contributed by atoms with Crippen LogP contribution in [0.4, 0.5) is 11.6 Å². The Morgan fingerprint density at radius 3 is 2.71 bits per heavy atom. The van der Waals surface area contributed by atoms with Crippen molar-refractivity contribution in [2.75, 3.05) is 12.4 Å². The van der Waals surface area contributed by atoms with E-state index in [2.05, 4.69) is 25.5 Å². The number of fused-ring (bicyclic) bond motifs is 2. The molecule has 0 saturated carbocycles. The van der Waals surface area contributed by atoms with Gasteiger partial charge >= 0.3 is 5.69 Å². The molecule has 0 spiro atoms. The molecule has 1 aromatic carbocycles. The topological polar surface area (TPSA) is 116 Å². The summed E-state index contributed by atoms with van der Waals surface area (Å²) in [6, 6.07) is 7.49. The lowest BCUT2D eigenvalue weighted by Gasteiger charge is -2.26. The molecule has 0 amide bonds. The molecule has 8 heteroatoms. The van der Waals surface area contributed by atoms with Gasteiger partial charge < -0.3 is 10.1 Å². The van der Waals surface area contributed by atoms with Crippen molar-refractivity contribution in [2.45, 2.75) is 12.8 Å². The van der Waals surface area contributed by atoms with Gasteiger partial charge in [0.2, 0.25) is 0 Å². The van der Waals surface area contributed by atoms with Gasteiger partial charge in [-0.1, -0.05) is 18.2 Å². The maximum Gasteiger partial charge on any atom is 0.327 e. The van der Waals surface area contributed by atoms with E-state index in [1.165, 1.54) is 0 Å². The maximum absolute atomic E-state index is 12.5. The zero-order valence-electron chi connectivity index (χ0n) is 13.1. The van der Waals surface area contributed by atoms with E-state index in [-0.39, 0.29) is 0 Å². The number of hydrogen-bond donors (Lipinski definition) is 4. The summed E-state index contributed by atoms with van der Waals surface area (Å²) in [6.45, 7) is 1.89. The van der Waals surface area contributed by atoms with Gasteiger partial charge in [-0.3, -0.25) is 19.9 Å². The van der Waals surface area contributed by atoms with E-state index in [1.807, 2.05) is 31.2 Å². The third-order valence-corrected chi connectivity index (χ3v) is 4.24. The number of rotatable bonds is 2. The van der Waals surface area contributed by atoms with Crippen LogP contribution < -0.4 is 21.3 Å². The van der Waals surface area contributed by atoms with Crippen molar-refractivity contribution in [3.8, 4) is 5.75 Å². The van der Waals surface area contributed by atoms with Crippen molar-refractivity contribution >= 4 is 11.6 Å². The Kier molecular flexibility index (Phi) is 3.05. The van der Waals surface area contributed by atoms with Gasteiger partial charge in [0, 0.05) is 16.8 Å². The van der Waals surface area contributed by atoms with Gasteiger partial charge in [-0.05, 0) is 13.0 Å². The minimum absolute atomic E-state index is 0.346. The highest BCUT2D eigenvalue weighted by molar-refractivity contribution is 5.72. The number of anilines is 2. The van der Waals surface area contributed by atoms with Crippen LogP contribution in [0.5, 0.6) is 5.75 Å². The van der Waals surface area contributed by atoms with Crippen molar-refractivity contribution in [1.29, 1.82) is 0 Å². The third-order valence-electron chi connectivity index (χ3n) is 4.24. The zero-order valence-corrected chi connectivity index (χ0v) is 13.1. The lowest BCUT2D eigenvalue weighted by atomic mass is 9.83. The Bertz CT molecular complexity index is 1050. The molecule has 8 nitrogen and oxygen atoms in total. The minimum atomic E-state index is -0.569. The Morgan fingerprint density at radius 2 is 1.92 bits per heavy atom. The molecular weight excluding hydrogens is 310 g/mol. The number of H-pyrrole nitrogens is 3. The zero-order chi connectivity index (χ0) is 16.8. The molecule has 0 fully saturated rings. The highest BCUT2D eigenvalue weighted by Gasteiger charge is 2.35. The fourth-order valence-corrected chi connectivity index (χ4v) is 3.24. The number of methoxy groups -OCH3 is 1. The smallest absolute Gasteiger partial charge is 0.327 e. The second-order valence-corrected chi connectivity index (χ2v) is 5.61. The molecule has 24 heavy (non-hydrogen) atoms. The van der Waals surface area contributed by atoms with Crippen LogP contribution in [0.1, 0.15) is 28.3 Å². The van der Waals surface area contributed by atoms with Crippen LogP contribution in [0.3, 0.4) is 0 Å². The van der Waals surface area contributed by atoms with Gasteiger partial charge in [0.1, 0.15) is 11.6 Å². The van der Waals surface area contributed by atoms with E-state index in [0.29, 0.717) is 22.9 Å². The summed E-state index contributed by atoms with van der Waals surface area (Å²) >= 11 is 0. The second kappa shape index (κ2) is 5.12. The monoisotopic (exact) mass is 325 g/mol. The number of nitrogens with zero attached hydrogens (tertiary/aromatic N) is 1. The summed E-state index contributed by atoms with van der Waals surface area (Å²) in [6.07, 6.45) is 0. The Labute approximate surface area is 135 Å². The molecule has 0 saturated heterocycles. The van der Waals surface area contributed by atoms with Crippen LogP contribution in [0.2, 0.25) is 0 Å². The first-order chi connectivity index (χ1) is 11.6. The van der Waals surface area contributed by atoms with Gasteiger partial charge in [0.05, 0.1) is 18.6 Å². The molecule has 122 valence electrons. The SMILES string of the molecule is COc1ccccc1C1c2c(n[nH]c2C)Nc2[nH]c(=O)[nH]c(=O)c21.